The van der Waals surface area contributed by atoms with Gasteiger partial charge < -0.3 is 19.3 Å². The lowest BCUT2D eigenvalue weighted by atomic mass is 10.1. The first kappa shape index (κ1) is 24.6. The Balaban J connectivity index is 1.78. The molecule has 3 rings (SSSR count). The minimum Gasteiger partial charge on any atom is -0.493 e. The quantitative estimate of drug-likeness (QED) is 0.377. The van der Waals surface area contributed by atoms with Crippen LogP contribution in [-0.2, 0) is 16.1 Å². The van der Waals surface area contributed by atoms with Crippen molar-refractivity contribution in [3.8, 4) is 11.5 Å². The van der Waals surface area contributed by atoms with Crippen molar-refractivity contribution in [2.75, 3.05) is 27.4 Å². The number of imide groups is 1. The number of halogens is 1. The molecule has 174 valence electrons. The Hall–Kier alpha value is -3.01. The van der Waals surface area contributed by atoms with Gasteiger partial charge in [0.05, 0.1) is 22.6 Å². The van der Waals surface area contributed by atoms with Gasteiger partial charge in [-0.2, -0.15) is 0 Å². The normalized spacial score (nSPS) is 14.8. The van der Waals surface area contributed by atoms with Crippen molar-refractivity contribution in [1.82, 2.24) is 4.90 Å². The molecule has 1 fully saturated rings. The van der Waals surface area contributed by atoms with Gasteiger partial charge in [0.15, 0.2) is 11.5 Å². The number of hydrogen-bond acceptors (Lipinski definition) is 7. The standard InChI is InChI=1S/C23H22ClNO7S/c1-30-8-4-7-25-21(26)19(33-23(25)29)12-15-10-17(24)20(18(11-15)31-2)32-13-14-5-3-6-16(9-14)22(27)28/h3,5-6,9-12H,4,7-8,13H2,1-2H3,(H,27,28)/b19-12+. The molecule has 2 amide bonds. The third-order valence-electron chi connectivity index (χ3n) is 4.71. The lowest BCUT2D eigenvalue weighted by molar-refractivity contribution is -0.122. The molecule has 1 aliphatic rings. The highest BCUT2D eigenvalue weighted by molar-refractivity contribution is 8.18. The van der Waals surface area contributed by atoms with Crippen LogP contribution in [0.15, 0.2) is 41.3 Å². The molecule has 0 bridgehead atoms. The Labute approximate surface area is 200 Å². The number of hydrogen-bond donors (Lipinski definition) is 1. The Morgan fingerprint density at radius 1 is 1.21 bits per heavy atom. The summed E-state index contributed by atoms with van der Waals surface area (Å²) in [5.41, 5.74) is 1.37. The van der Waals surface area contributed by atoms with E-state index < -0.39 is 5.97 Å². The average molecular weight is 492 g/mol. The van der Waals surface area contributed by atoms with E-state index in [4.69, 9.17) is 30.9 Å². The molecule has 8 nitrogen and oxygen atoms in total. The first-order valence-electron chi connectivity index (χ1n) is 9.91. The molecule has 0 radical (unpaired) electrons. The first-order valence-corrected chi connectivity index (χ1v) is 11.1. The minimum atomic E-state index is -1.03. The highest BCUT2D eigenvalue weighted by Gasteiger charge is 2.34. The van der Waals surface area contributed by atoms with E-state index >= 15 is 0 Å². The third kappa shape index (κ3) is 6.07. The van der Waals surface area contributed by atoms with Gasteiger partial charge >= 0.3 is 5.97 Å². The number of amides is 2. The summed E-state index contributed by atoms with van der Waals surface area (Å²) in [6.07, 6.45) is 2.14. The van der Waals surface area contributed by atoms with Gasteiger partial charge in [-0.1, -0.05) is 23.7 Å². The van der Waals surface area contributed by atoms with Crippen LogP contribution in [0.1, 0.15) is 27.9 Å². The van der Waals surface area contributed by atoms with Crippen molar-refractivity contribution in [2.24, 2.45) is 0 Å². The largest absolute Gasteiger partial charge is 0.493 e. The van der Waals surface area contributed by atoms with Crippen LogP contribution < -0.4 is 9.47 Å². The van der Waals surface area contributed by atoms with Gasteiger partial charge in [-0.3, -0.25) is 14.5 Å². The lowest BCUT2D eigenvalue weighted by Crippen LogP contribution is -2.29. The van der Waals surface area contributed by atoms with E-state index in [1.165, 1.54) is 24.1 Å². The molecule has 2 aromatic carbocycles. The number of carbonyl (C=O) groups excluding carboxylic acids is 2. The van der Waals surface area contributed by atoms with Crippen LogP contribution in [-0.4, -0.2) is 54.5 Å². The van der Waals surface area contributed by atoms with Gasteiger partial charge in [0.25, 0.3) is 11.1 Å². The molecule has 33 heavy (non-hydrogen) atoms. The molecule has 0 aromatic heterocycles. The van der Waals surface area contributed by atoms with Gasteiger partial charge in [-0.25, -0.2) is 4.79 Å². The van der Waals surface area contributed by atoms with E-state index in [-0.39, 0.29) is 45.5 Å². The number of thioether (sulfide) groups is 1. The smallest absolute Gasteiger partial charge is 0.335 e. The van der Waals surface area contributed by atoms with Crippen molar-refractivity contribution in [1.29, 1.82) is 0 Å². The SMILES string of the molecule is COCCCN1C(=O)S/C(=C/c2cc(Cl)c(OCc3cccc(C(=O)O)c3)c(OC)c2)C1=O. The average Bonchev–Trinajstić information content (AvgIpc) is 3.05. The summed E-state index contributed by atoms with van der Waals surface area (Å²) in [5.74, 6) is -0.776. The van der Waals surface area contributed by atoms with Crippen LogP contribution in [0.2, 0.25) is 5.02 Å². The Morgan fingerprint density at radius 2 is 2.00 bits per heavy atom. The Morgan fingerprint density at radius 3 is 2.70 bits per heavy atom. The fraction of sp³-hybridized carbons (Fsp3) is 0.261. The maximum Gasteiger partial charge on any atom is 0.335 e. The Kier molecular flexibility index (Phi) is 8.37. The van der Waals surface area contributed by atoms with E-state index in [0.717, 1.165) is 11.8 Å². The maximum absolute atomic E-state index is 12.6. The number of benzene rings is 2. The molecular formula is C23H22ClNO7S. The summed E-state index contributed by atoms with van der Waals surface area (Å²) in [7, 11) is 3.02. The van der Waals surface area contributed by atoms with Crippen molar-refractivity contribution < 1.29 is 33.7 Å². The maximum atomic E-state index is 12.6. The Bertz CT molecular complexity index is 1100. The van der Waals surface area contributed by atoms with Crippen LogP contribution in [0.3, 0.4) is 0 Å². The molecule has 0 aliphatic carbocycles. The second-order valence-corrected chi connectivity index (χ2v) is 8.41. The number of methoxy groups -OCH3 is 2. The molecule has 0 unspecified atom stereocenters. The molecule has 0 spiro atoms. The topological polar surface area (TPSA) is 102 Å². The second-order valence-electron chi connectivity index (χ2n) is 7.01. The zero-order valence-corrected chi connectivity index (χ0v) is 19.6. The minimum absolute atomic E-state index is 0.0803. The number of rotatable bonds is 10. The van der Waals surface area contributed by atoms with Crippen LogP contribution in [0.4, 0.5) is 4.79 Å². The van der Waals surface area contributed by atoms with E-state index in [0.29, 0.717) is 29.9 Å². The zero-order chi connectivity index (χ0) is 24.0. The predicted octanol–water partition coefficient (Wildman–Crippen LogP) is 4.70. The second kappa shape index (κ2) is 11.2. The molecule has 2 aromatic rings. The highest BCUT2D eigenvalue weighted by atomic mass is 35.5. The van der Waals surface area contributed by atoms with Crippen LogP contribution >= 0.6 is 23.4 Å². The third-order valence-corrected chi connectivity index (χ3v) is 5.90. The summed E-state index contributed by atoms with van der Waals surface area (Å²) in [6, 6.07) is 9.63. The number of carboxylic acid groups (broad SMARTS) is 1. The summed E-state index contributed by atoms with van der Waals surface area (Å²) in [4.78, 5) is 37.4. The first-order chi connectivity index (χ1) is 15.8. The van der Waals surface area contributed by atoms with Crippen LogP contribution in [0, 0.1) is 0 Å². The predicted molar refractivity (Wildman–Crippen MR) is 125 cm³/mol. The van der Waals surface area contributed by atoms with Gasteiger partial charge in [0, 0.05) is 20.3 Å². The van der Waals surface area contributed by atoms with Gasteiger partial charge in [0.2, 0.25) is 0 Å². The van der Waals surface area contributed by atoms with E-state index in [2.05, 4.69) is 0 Å². The van der Waals surface area contributed by atoms with Crippen molar-refractivity contribution in [3.05, 3.63) is 63.0 Å². The molecule has 1 aliphatic heterocycles. The molecule has 1 heterocycles. The molecule has 10 heteroatoms. The van der Waals surface area contributed by atoms with Crippen molar-refractivity contribution >= 4 is 46.6 Å². The van der Waals surface area contributed by atoms with Crippen molar-refractivity contribution in [2.45, 2.75) is 13.0 Å². The van der Waals surface area contributed by atoms with E-state index in [1.807, 2.05) is 0 Å². The molecule has 0 atom stereocenters. The summed E-state index contributed by atoms with van der Waals surface area (Å²) in [6.45, 7) is 0.822. The highest BCUT2D eigenvalue weighted by Crippen LogP contribution is 2.39. The summed E-state index contributed by atoms with van der Waals surface area (Å²) >= 11 is 7.28. The van der Waals surface area contributed by atoms with E-state index in [1.54, 1.807) is 37.5 Å². The number of nitrogens with zero attached hydrogens (tertiary/aromatic N) is 1. The van der Waals surface area contributed by atoms with Gasteiger partial charge in [-0.05, 0) is 59.7 Å². The molecule has 1 N–H and O–H groups in total. The monoisotopic (exact) mass is 491 g/mol. The van der Waals surface area contributed by atoms with Crippen LogP contribution in [0.25, 0.3) is 6.08 Å². The number of aromatic carboxylic acids is 1. The van der Waals surface area contributed by atoms with Gasteiger partial charge in [0.1, 0.15) is 6.61 Å². The number of carbonyl (C=O) groups is 3. The number of ether oxygens (including phenoxy) is 3. The molecule has 0 saturated carbocycles. The zero-order valence-electron chi connectivity index (χ0n) is 18.0. The van der Waals surface area contributed by atoms with E-state index in [9.17, 15) is 14.4 Å². The summed E-state index contributed by atoms with van der Waals surface area (Å²) in [5, 5.41) is 9.05. The molecular weight excluding hydrogens is 470 g/mol. The van der Waals surface area contributed by atoms with Crippen molar-refractivity contribution in [3.63, 3.8) is 0 Å². The fourth-order valence-corrected chi connectivity index (χ4v) is 4.26. The fourth-order valence-electron chi connectivity index (χ4n) is 3.12. The number of carboxylic acids is 1. The lowest BCUT2D eigenvalue weighted by Gasteiger charge is -2.14. The summed E-state index contributed by atoms with van der Waals surface area (Å²) < 4.78 is 16.2. The van der Waals surface area contributed by atoms with Gasteiger partial charge in [-0.15, -0.1) is 0 Å². The van der Waals surface area contributed by atoms with Crippen LogP contribution in [0.5, 0.6) is 11.5 Å². The molecule has 1 saturated heterocycles.